The van der Waals surface area contributed by atoms with Crippen molar-refractivity contribution >= 4 is 5.82 Å². The molecule has 0 saturated heterocycles. The average Bonchev–Trinajstić information content (AvgIpc) is 2.36. The maximum absolute atomic E-state index is 4.41. The second-order valence-electron chi connectivity index (χ2n) is 4.51. The van der Waals surface area contributed by atoms with Crippen molar-refractivity contribution in [3.8, 4) is 0 Å². The first-order valence-electron chi connectivity index (χ1n) is 6.44. The van der Waals surface area contributed by atoms with Crippen LogP contribution in [-0.4, -0.2) is 16.0 Å². The molecule has 3 nitrogen and oxygen atoms in total. The third kappa shape index (κ3) is 2.34. The molecule has 0 radical (unpaired) electrons. The topological polar surface area (TPSA) is 37.8 Å². The Hall–Kier alpha value is -1.12. The lowest BCUT2D eigenvalue weighted by atomic mass is 9.96. The lowest BCUT2D eigenvalue weighted by molar-refractivity contribution is 0.644. The minimum absolute atomic E-state index is 0.543. The lowest BCUT2D eigenvalue weighted by Gasteiger charge is -2.21. The summed E-state index contributed by atoms with van der Waals surface area (Å²) in [6, 6.07) is 0.543. The molecule has 2 rings (SSSR count). The molecule has 3 heteroatoms. The first-order valence-corrected chi connectivity index (χ1v) is 6.44. The summed E-state index contributed by atoms with van der Waals surface area (Å²) in [6.07, 6.45) is 8.81. The van der Waals surface area contributed by atoms with Crippen molar-refractivity contribution in [3.63, 3.8) is 0 Å². The third-order valence-electron chi connectivity index (χ3n) is 3.45. The molecule has 0 amide bonds. The van der Waals surface area contributed by atoms with Crippen LogP contribution in [0.3, 0.4) is 0 Å². The highest BCUT2D eigenvalue weighted by Crippen LogP contribution is 2.25. The zero-order valence-electron chi connectivity index (χ0n) is 10.3. The minimum Gasteiger partial charge on any atom is -0.367 e. The third-order valence-corrected chi connectivity index (χ3v) is 3.45. The van der Waals surface area contributed by atoms with Crippen LogP contribution >= 0.6 is 0 Å². The zero-order valence-corrected chi connectivity index (χ0v) is 10.3. The molecule has 1 heterocycles. The maximum atomic E-state index is 4.41. The van der Waals surface area contributed by atoms with Crippen molar-refractivity contribution in [3.05, 3.63) is 17.6 Å². The normalized spacial score (nSPS) is 14.9. The number of hydrogen-bond acceptors (Lipinski definition) is 3. The Labute approximate surface area is 97.7 Å². The number of anilines is 1. The van der Waals surface area contributed by atoms with Gasteiger partial charge in [-0.2, -0.15) is 0 Å². The summed E-state index contributed by atoms with van der Waals surface area (Å²) in [4.78, 5) is 8.79. The van der Waals surface area contributed by atoms with Crippen LogP contribution in [-0.2, 0) is 12.8 Å². The van der Waals surface area contributed by atoms with Gasteiger partial charge in [-0.25, -0.2) is 9.97 Å². The smallest absolute Gasteiger partial charge is 0.133 e. The van der Waals surface area contributed by atoms with Crippen molar-refractivity contribution in [1.29, 1.82) is 0 Å². The molecule has 1 aromatic heterocycles. The molecular weight excluding hydrogens is 198 g/mol. The molecule has 0 spiro atoms. The summed E-state index contributed by atoms with van der Waals surface area (Å²) < 4.78 is 0. The van der Waals surface area contributed by atoms with Gasteiger partial charge >= 0.3 is 0 Å². The first kappa shape index (κ1) is 11.4. The Bertz CT molecular complexity index is 345. The van der Waals surface area contributed by atoms with E-state index in [0.717, 1.165) is 31.5 Å². The fourth-order valence-electron chi connectivity index (χ4n) is 2.33. The average molecular weight is 219 g/mol. The Balaban J connectivity index is 2.20. The molecule has 0 aliphatic heterocycles. The fraction of sp³-hybridized carbons (Fsp3) is 0.692. The molecule has 1 aliphatic rings. The van der Waals surface area contributed by atoms with E-state index in [-0.39, 0.29) is 0 Å². The van der Waals surface area contributed by atoms with E-state index in [1.165, 1.54) is 24.1 Å². The second kappa shape index (κ2) is 5.28. The van der Waals surface area contributed by atoms with E-state index in [2.05, 4.69) is 29.1 Å². The SMILES string of the molecule is CCC(CC)Nc1ncnc2c1CCCC2. The Morgan fingerprint density at radius 2 is 1.94 bits per heavy atom. The summed E-state index contributed by atoms with van der Waals surface area (Å²) in [7, 11) is 0. The molecule has 1 N–H and O–H groups in total. The first-order chi connectivity index (χ1) is 7.85. The van der Waals surface area contributed by atoms with Gasteiger partial charge < -0.3 is 5.32 Å². The molecule has 88 valence electrons. The van der Waals surface area contributed by atoms with Crippen LogP contribution in [0.15, 0.2) is 6.33 Å². The van der Waals surface area contributed by atoms with E-state index in [1.807, 2.05) is 0 Å². The number of aromatic nitrogens is 2. The van der Waals surface area contributed by atoms with E-state index < -0.39 is 0 Å². The van der Waals surface area contributed by atoms with Crippen LogP contribution in [0.25, 0.3) is 0 Å². The van der Waals surface area contributed by atoms with E-state index in [0.29, 0.717) is 6.04 Å². The van der Waals surface area contributed by atoms with Crippen LogP contribution in [0.4, 0.5) is 5.82 Å². The molecular formula is C13H21N3. The van der Waals surface area contributed by atoms with Gasteiger partial charge in [0.25, 0.3) is 0 Å². The molecule has 16 heavy (non-hydrogen) atoms. The van der Waals surface area contributed by atoms with E-state index in [1.54, 1.807) is 6.33 Å². The van der Waals surface area contributed by atoms with E-state index in [9.17, 15) is 0 Å². The van der Waals surface area contributed by atoms with Crippen LogP contribution < -0.4 is 5.32 Å². The van der Waals surface area contributed by atoms with Gasteiger partial charge in [0.05, 0.1) is 0 Å². The second-order valence-corrected chi connectivity index (χ2v) is 4.51. The van der Waals surface area contributed by atoms with Crippen LogP contribution in [0.5, 0.6) is 0 Å². The highest BCUT2D eigenvalue weighted by atomic mass is 15.0. The predicted octanol–water partition coefficient (Wildman–Crippen LogP) is 2.96. The van der Waals surface area contributed by atoms with Gasteiger partial charge in [-0.05, 0) is 38.5 Å². The summed E-state index contributed by atoms with van der Waals surface area (Å²) in [5.74, 6) is 1.08. The largest absolute Gasteiger partial charge is 0.367 e. The van der Waals surface area contributed by atoms with Crippen molar-refractivity contribution in [1.82, 2.24) is 9.97 Å². The van der Waals surface area contributed by atoms with Gasteiger partial charge in [-0.15, -0.1) is 0 Å². The maximum Gasteiger partial charge on any atom is 0.133 e. The summed E-state index contributed by atoms with van der Waals surface area (Å²) in [6.45, 7) is 4.43. The molecule has 0 aromatic carbocycles. The molecule has 0 unspecified atom stereocenters. The van der Waals surface area contributed by atoms with E-state index >= 15 is 0 Å². The highest BCUT2D eigenvalue weighted by Gasteiger charge is 2.16. The molecule has 0 fully saturated rings. The Kier molecular flexibility index (Phi) is 3.75. The fourth-order valence-corrected chi connectivity index (χ4v) is 2.33. The summed E-state index contributed by atoms with van der Waals surface area (Å²) in [5.41, 5.74) is 2.62. The molecule has 0 atom stereocenters. The summed E-state index contributed by atoms with van der Waals surface area (Å²) in [5, 5.41) is 3.56. The standard InChI is InChI=1S/C13H21N3/c1-3-10(4-2)16-13-11-7-5-6-8-12(11)14-9-15-13/h9-10H,3-8H2,1-2H3,(H,14,15,16). The van der Waals surface area contributed by atoms with Gasteiger partial charge in [0.1, 0.15) is 12.1 Å². The number of rotatable bonds is 4. The number of fused-ring (bicyclic) bond motifs is 1. The van der Waals surface area contributed by atoms with Crippen molar-refractivity contribution < 1.29 is 0 Å². The van der Waals surface area contributed by atoms with Crippen LogP contribution in [0.1, 0.15) is 50.8 Å². The molecule has 0 saturated carbocycles. The van der Waals surface area contributed by atoms with E-state index in [4.69, 9.17) is 0 Å². The van der Waals surface area contributed by atoms with Crippen molar-refractivity contribution in [2.75, 3.05) is 5.32 Å². The van der Waals surface area contributed by atoms with Gasteiger partial charge in [-0.1, -0.05) is 13.8 Å². The molecule has 0 bridgehead atoms. The van der Waals surface area contributed by atoms with Crippen LogP contribution in [0.2, 0.25) is 0 Å². The summed E-state index contributed by atoms with van der Waals surface area (Å²) >= 11 is 0. The Morgan fingerprint density at radius 1 is 1.19 bits per heavy atom. The van der Waals surface area contributed by atoms with Gasteiger partial charge in [0, 0.05) is 17.3 Å². The van der Waals surface area contributed by atoms with Gasteiger partial charge in [0.2, 0.25) is 0 Å². The minimum atomic E-state index is 0.543. The molecule has 1 aliphatic carbocycles. The number of hydrogen-bond donors (Lipinski definition) is 1. The van der Waals surface area contributed by atoms with Crippen LogP contribution in [0, 0.1) is 0 Å². The quantitative estimate of drug-likeness (QED) is 0.846. The number of nitrogens with one attached hydrogen (secondary N) is 1. The van der Waals surface area contributed by atoms with Gasteiger partial charge in [-0.3, -0.25) is 0 Å². The highest BCUT2D eigenvalue weighted by molar-refractivity contribution is 5.47. The Morgan fingerprint density at radius 3 is 2.69 bits per heavy atom. The van der Waals surface area contributed by atoms with Gasteiger partial charge in [0.15, 0.2) is 0 Å². The van der Waals surface area contributed by atoms with Crippen molar-refractivity contribution in [2.45, 2.75) is 58.4 Å². The zero-order chi connectivity index (χ0) is 11.4. The monoisotopic (exact) mass is 219 g/mol. The van der Waals surface area contributed by atoms with Crippen molar-refractivity contribution in [2.24, 2.45) is 0 Å². The molecule has 1 aromatic rings. The predicted molar refractivity (Wildman–Crippen MR) is 66.7 cm³/mol. The number of nitrogens with zero attached hydrogens (tertiary/aromatic N) is 2. The number of aryl methyl sites for hydroxylation is 1. The lowest BCUT2D eigenvalue weighted by Crippen LogP contribution is -2.21.